The summed E-state index contributed by atoms with van der Waals surface area (Å²) in [5.74, 6) is 0.426. The molecule has 0 fully saturated rings. The standard InChI is InChI=1S/C12H18N2O2S/c1-10(2)14-12(15)13-8-9-17(16)11-6-4-3-5-7-11/h3-7,10H,8-9H2,1-2H3,(H2,13,14,15). The topological polar surface area (TPSA) is 58.2 Å². The number of amides is 2. The Morgan fingerprint density at radius 3 is 2.53 bits per heavy atom. The Kier molecular flexibility index (Phi) is 5.69. The average Bonchev–Trinajstić information content (AvgIpc) is 2.29. The van der Waals surface area contributed by atoms with Crippen LogP contribution in [-0.2, 0) is 10.8 Å². The minimum atomic E-state index is -1.06. The number of urea groups is 1. The van der Waals surface area contributed by atoms with E-state index in [4.69, 9.17) is 0 Å². The zero-order chi connectivity index (χ0) is 12.7. The summed E-state index contributed by atoms with van der Waals surface area (Å²) in [6.07, 6.45) is 0. The summed E-state index contributed by atoms with van der Waals surface area (Å²) in [6.45, 7) is 4.18. The van der Waals surface area contributed by atoms with Crippen molar-refractivity contribution in [1.82, 2.24) is 10.6 Å². The zero-order valence-corrected chi connectivity index (χ0v) is 10.9. The van der Waals surface area contributed by atoms with Crippen molar-refractivity contribution in [3.8, 4) is 0 Å². The van der Waals surface area contributed by atoms with E-state index in [0.29, 0.717) is 12.3 Å². The Bertz CT molecular complexity index is 379. The maximum absolute atomic E-state index is 11.8. The van der Waals surface area contributed by atoms with Gasteiger partial charge in [-0.25, -0.2) is 4.79 Å². The summed E-state index contributed by atoms with van der Waals surface area (Å²) in [4.78, 5) is 12.0. The summed E-state index contributed by atoms with van der Waals surface area (Å²) in [6, 6.07) is 9.13. The van der Waals surface area contributed by atoms with Gasteiger partial charge < -0.3 is 10.6 Å². The van der Waals surface area contributed by atoms with E-state index in [1.807, 2.05) is 44.2 Å². The van der Waals surface area contributed by atoms with Crippen LogP contribution in [0.1, 0.15) is 13.8 Å². The van der Waals surface area contributed by atoms with Gasteiger partial charge in [0.2, 0.25) is 0 Å². The van der Waals surface area contributed by atoms with Crippen molar-refractivity contribution in [2.45, 2.75) is 24.8 Å². The third-order valence-electron chi connectivity index (χ3n) is 2.00. The van der Waals surface area contributed by atoms with Gasteiger partial charge in [-0.3, -0.25) is 4.21 Å². The highest BCUT2D eigenvalue weighted by Crippen LogP contribution is 2.04. The molecule has 1 atom stereocenters. The first-order valence-electron chi connectivity index (χ1n) is 5.57. The minimum absolute atomic E-state index is 0.106. The second-order valence-corrected chi connectivity index (χ2v) is 5.49. The van der Waals surface area contributed by atoms with Crippen molar-refractivity contribution in [3.63, 3.8) is 0 Å². The number of rotatable bonds is 5. The fourth-order valence-corrected chi connectivity index (χ4v) is 2.24. The van der Waals surface area contributed by atoms with E-state index in [1.54, 1.807) is 0 Å². The summed E-state index contributed by atoms with van der Waals surface area (Å²) >= 11 is 0. The largest absolute Gasteiger partial charge is 0.337 e. The Morgan fingerprint density at radius 2 is 1.94 bits per heavy atom. The van der Waals surface area contributed by atoms with E-state index in [2.05, 4.69) is 10.6 Å². The van der Waals surface area contributed by atoms with Gasteiger partial charge in [-0.1, -0.05) is 18.2 Å². The van der Waals surface area contributed by atoms with Crippen molar-refractivity contribution >= 4 is 16.8 Å². The molecule has 2 amide bonds. The molecule has 0 saturated carbocycles. The van der Waals surface area contributed by atoms with E-state index in [0.717, 1.165) is 4.90 Å². The molecule has 0 saturated heterocycles. The molecule has 2 N–H and O–H groups in total. The maximum atomic E-state index is 11.8. The van der Waals surface area contributed by atoms with Gasteiger partial charge in [0.15, 0.2) is 0 Å². The molecule has 1 aromatic rings. The van der Waals surface area contributed by atoms with E-state index in [9.17, 15) is 9.00 Å². The van der Waals surface area contributed by atoms with Crippen molar-refractivity contribution in [2.75, 3.05) is 12.3 Å². The molecule has 0 radical (unpaired) electrons. The van der Waals surface area contributed by atoms with E-state index < -0.39 is 10.8 Å². The molecule has 0 aliphatic rings. The highest BCUT2D eigenvalue weighted by Gasteiger charge is 2.05. The van der Waals surface area contributed by atoms with Crippen molar-refractivity contribution in [1.29, 1.82) is 0 Å². The molecule has 1 unspecified atom stereocenters. The molecule has 0 spiro atoms. The van der Waals surface area contributed by atoms with Crippen LogP contribution in [0.3, 0.4) is 0 Å². The van der Waals surface area contributed by atoms with Crippen LogP contribution in [0.25, 0.3) is 0 Å². The van der Waals surface area contributed by atoms with Gasteiger partial charge in [-0.05, 0) is 26.0 Å². The monoisotopic (exact) mass is 254 g/mol. The molecule has 0 bridgehead atoms. The Balaban J connectivity index is 2.28. The van der Waals surface area contributed by atoms with Crippen molar-refractivity contribution in [2.24, 2.45) is 0 Å². The Labute approximate surface area is 104 Å². The molecular formula is C12H18N2O2S. The molecule has 0 aliphatic carbocycles. The minimum Gasteiger partial charge on any atom is -0.337 e. The number of nitrogens with one attached hydrogen (secondary N) is 2. The highest BCUT2D eigenvalue weighted by atomic mass is 32.2. The number of benzene rings is 1. The molecule has 0 aromatic heterocycles. The summed E-state index contributed by atoms with van der Waals surface area (Å²) < 4.78 is 11.8. The first-order valence-corrected chi connectivity index (χ1v) is 6.89. The van der Waals surface area contributed by atoms with Crippen LogP contribution in [0.15, 0.2) is 35.2 Å². The lowest BCUT2D eigenvalue weighted by atomic mass is 10.4. The zero-order valence-electron chi connectivity index (χ0n) is 10.1. The van der Waals surface area contributed by atoms with Gasteiger partial charge >= 0.3 is 6.03 Å². The Hall–Kier alpha value is -1.36. The van der Waals surface area contributed by atoms with Gasteiger partial charge in [0, 0.05) is 23.2 Å². The van der Waals surface area contributed by atoms with Gasteiger partial charge in [-0.15, -0.1) is 0 Å². The normalized spacial score (nSPS) is 12.2. The molecule has 0 heterocycles. The molecule has 94 valence electrons. The molecule has 1 aromatic carbocycles. The van der Waals surface area contributed by atoms with E-state index >= 15 is 0 Å². The second-order valence-electron chi connectivity index (χ2n) is 3.92. The van der Waals surface area contributed by atoms with Crippen molar-refractivity contribution < 1.29 is 9.00 Å². The SMILES string of the molecule is CC(C)NC(=O)NCCS(=O)c1ccccc1. The smallest absolute Gasteiger partial charge is 0.315 e. The third-order valence-corrected chi connectivity index (χ3v) is 3.37. The fraction of sp³-hybridized carbons (Fsp3) is 0.417. The van der Waals surface area contributed by atoms with Crippen LogP contribution in [-0.4, -0.2) is 28.6 Å². The van der Waals surface area contributed by atoms with Crippen LogP contribution in [0.2, 0.25) is 0 Å². The van der Waals surface area contributed by atoms with Crippen LogP contribution < -0.4 is 10.6 Å². The van der Waals surface area contributed by atoms with Gasteiger partial charge in [0.1, 0.15) is 0 Å². The van der Waals surface area contributed by atoms with Crippen LogP contribution in [0.4, 0.5) is 4.79 Å². The summed E-state index contributed by atoms with van der Waals surface area (Å²) in [5, 5.41) is 5.38. The summed E-state index contributed by atoms with van der Waals surface area (Å²) in [5.41, 5.74) is 0. The molecular weight excluding hydrogens is 236 g/mol. The quantitative estimate of drug-likeness (QED) is 0.836. The molecule has 4 nitrogen and oxygen atoms in total. The lowest BCUT2D eigenvalue weighted by Gasteiger charge is -2.09. The predicted molar refractivity (Wildman–Crippen MR) is 69.4 cm³/mol. The lowest BCUT2D eigenvalue weighted by Crippen LogP contribution is -2.40. The number of hydrogen-bond acceptors (Lipinski definition) is 2. The third kappa shape index (κ3) is 5.49. The van der Waals surface area contributed by atoms with Gasteiger partial charge in [0.25, 0.3) is 0 Å². The summed E-state index contributed by atoms with van der Waals surface area (Å²) in [7, 11) is -1.06. The van der Waals surface area contributed by atoms with Gasteiger partial charge in [-0.2, -0.15) is 0 Å². The van der Waals surface area contributed by atoms with Crippen LogP contribution in [0.5, 0.6) is 0 Å². The molecule has 1 rings (SSSR count). The highest BCUT2D eigenvalue weighted by molar-refractivity contribution is 7.85. The van der Waals surface area contributed by atoms with Crippen LogP contribution >= 0.6 is 0 Å². The number of hydrogen-bond donors (Lipinski definition) is 2. The second kappa shape index (κ2) is 7.06. The van der Waals surface area contributed by atoms with E-state index in [1.165, 1.54) is 0 Å². The van der Waals surface area contributed by atoms with E-state index in [-0.39, 0.29) is 12.1 Å². The molecule has 0 aliphatic heterocycles. The van der Waals surface area contributed by atoms with Crippen LogP contribution in [0, 0.1) is 0 Å². The predicted octanol–water partition coefficient (Wildman–Crippen LogP) is 1.50. The lowest BCUT2D eigenvalue weighted by molar-refractivity contribution is 0.239. The number of carbonyl (C=O) groups is 1. The van der Waals surface area contributed by atoms with Crippen molar-refractivity contribution in [3.05, 3.63) is 30.3 Å². The first kappa shape index (κ1) is 13.7. The number of carbonyl (C=O) groups excluding carboxylic acids is 1. The molecule has 5 heteroatoms. The average molecular weight is 254 g/mol. The maximum Gasteiger partial charge on any atom is 0.315 e. The fourth-order valence-electron chi connectivity index (χ4n) is 1.26. The Morgan fingerprint density at radius 1 is 1.29 bits per heavy atom. The first-order chi connectivity index (χ1) is 8.09. The van der Waals surface area contributed by atoms with Gasteiger partial charge in [0.05, 0.1) is 10.8 Å². The molecule has 17 heavy (non-hydrogen) atoms.